The molecule has 0 aromatic heterocycles. The third-order valence-corrected chi connectivity index (χ3v) is 2.23. The van der Waals surface area contributed by atoms with E-state index in [2.05, 4.69) is 10.6 Å². The predicted molar refractivity (Wildman–Crippen MR) is 70.7 cm³/mol. The second-order valence-corrected chi connectivity index (χ2v) is 5.06. The third-order valence-electron chi connectivity index (χ3n) is 2.23. The second kappa shape index (κ2) is 5.80. The number of carbonyl (C=O) groups is 1. The molecule has 4 nitrogen and oxygen atoms in total. The molecule has 0 aliphatic carbocycles. The summed E-state index contributed by atoms with van der Waals surface area (Å²) in [4.78, 5) is 11.7. The van der Waals surface area contributed by atoms with Gasteiger partial charge in [-0.3, -0.25) is 4.79 Å². The minimum Gasteiger partial charge on any atom is -0.326 e. The lowest BCUT2D eigenvalue weighted by Gasteiger charge is -2.20. The molecule has 0 heterocycles. The second-order valence-electron chi connectivity index (χ2n) is 5.06. The first-order chi connectivity index (χ1) is 7.90. The number of rotatable bonds is 4. The number of hydrogen-bond acceptors (Lipinski definition) is 3. The normalized spacial score (nSPS) is 11.3. The summed E-state index contributed by atoms with van der Waals surface area (Å²) in [5.41, 5.74) is 7.27. The van der Waals surface area contributed by atoms with E-state index >= 15 is 0 Å². The molecule has 0 aliphatic heterocycles. The molecule has 17 heavy (non-hydrogen) atoms. The minimum absolute atomic E-state index is 0.0471. The number of carbonyl (C=O) groups excluding carboxylic acids is 1. The quantitative estimate of drug-likeness (QED) is 0.740. The van der Waals surface area contributed by atoms with Gasteiger partial charge in [-0.15, -0.1) is 0 Å². The van der Waals surface area contributed by atoms with Crippen LogP contribution < -0.4 is 16.4 Å². The van der Waals surface area contributed by atoms with Crippen molar-refractivity contribution >= 4 is 11.6 Å². The summed E-state index contributed by atoms with van der Waals surface area (Å²) in [6.45, 7) is 6.85. The van der Waals surface area contributed by atoms with Crippen LogP contribution in [0, 0.1) is 0 Å². The van der Waals surface area contributed by atoms with Crippen LogP contribution in [0.25, 0.3) is 0 Å². The average molecular weight is 235 g/mol. The van der Waals surface area contributed by atoms with Crippen LogP contribution >= 0.6 is 0 Å². The summed E-state index contributed by atoms with van der Waals surface area (Å²) >= 11 is 0. The number of nitrogens with two attached hydrogens (primary N) is 1. The lowest BCUT2D eigenvalue weighted by Crippen LogP contribution is -2.41. The Hall–Kier alpha value is -1.39. The highest BCUT2D eigenvalue weighted by Crippen LogP contribution is 2.09. The van der Waals surface area contributed by atoms with E-state index in [-0.39, 0.29) is 11.4 Å². The first-order valence-corrected chi connectivity index (χ1v) is 5.74. The molecular formula is C13H21N3O. The van der Waals surface area contributed by atoms with Gasteiger partial charge in [0.25, 0.3) is 0 Å². The Kier molecular flexibility index (Phi) is 4.66. The molecular weight excluding hydrogens is 214 g/mol. The van der Waals surface area contributed by atoms with E-state index in [0.29, 0.717) is 13.1 Å². The van der Waals surface area contributed by atoms with Crippen LogP contribution in [0.4, 0.5) is 5.69 Å². The molecule has 94 valence electrons. The fourth-order valence-electron chi connectivity index (χ4n) is 1.33. The van der Waals surface area contributed by atoms with Gasteiger partial charge >= 0.3 is 0 Å². The van der Waals surface area contributed by atoms with Crippen molar-refractivity contribution in [1.82, 2.24) is 5.32 Å². The predicted octanol–water partition coefficient (Wildman–Crippen LogP) is 1.47. The van der Waals surface area contributed by atoms with Gasteiger partial charge in [0, 0.05) is 17.8 Å². The zero-order valence-electron chi connectivity index (χ0n) is 10.7. The molecule has 1 aromatic carbocycles. The Morgan fingerprint density at radius 3 is 2.65 bits per heavy atom. The van der Waals surface area contributed by atoms with Gasteiger partial charge in [-0.05, 0) is 38.5 Å². The maximum Gasteiger partial charge on any atom is 0.238 e. The van der Waals surface area contributed by atoms with E-state index in [1.807, 2.05) is 45.0 Å². The van der Waals surface area contributed by atoms with Gasteiger partial charge in [-0.2, -0.15) is 0 Å². The van der Waals surface area contributed by atoms with Crippen molar-refractivity contribution in [3.05, 3.63) is 29.8 Å². The van der Waals surface area contributed by atoms with Gasteiger partial charge in [-0.25, -0.2) is 0 Å². The van der Waals surface area contributed by atoms with Crippen molar-refractivity contribution in [3.63, 3.8) is 0 Å². The van der Waals surface area contributed by atoms with Crippen LogP contribution in [0.15, 0.2) is 24.3 Å². The smallest absolute Gasteiger partial charge is 0.238 e. The van der Waals surface area contributed by atoms with Crippen LogP contribution in [0.5, 0.6) is 0 Å². The van der Waals surface area contributed by atoms with Crippen molar-refractivity contribution in [3.8, 4) is 0 Å². The Bertz CT molecular complexity index is 382. The molecule has 0 saturated heterocycles. The van der Waals surface area contributed by atoms with Gasteiger partial charge in [0.2, 0.25) is 5.91 Å². The molecule has 0 fully saturated rings. The molecule has 4 N–H and O–H groups in total. The van der Waals surface area contributed by atoms with Gasteiger partial charge in [0.15, 0.2) is 0 Å². The highest BCUT2D eigenvalue weighted by Gasteiger charge is 2.11. The fourth-order valence-corrected chi connectivity index (χ4v) is 1.33. The molecule has 1 amide bonds. The number of nitrogens with one attached hydrogen (secondary N) is 2. The maximum absolute atomic E-state index is 11.7. The molecule has 0 radical (unpaired) electrons. The van der Waals surface area contributed by atoms with E-state index in [1.54, 1.807) is 0 Å². The lowest BCUT2D eigenvalue weighted by atomic mass is 10.1. The Morgan fingerprint density at radius 2 is 2.06 bits per heavy atom. The number of amides is 1. The first-order valence-electron chi connectivity index (χ1n) is 5.74. The molecule has 0 saturated carbocycles. The fraction of sp³-hybridized carbons (Fsp3) is 0.462. The van der Waals surface area contributed by atoms with Gasteiger partial charge in [0.05, 0.1) is 6.54 Å². The van der Waals surface area contributed by atoms with Crippen LogP contribution in [0.2, 0.25) is 0 Å². The van der Waals surface area contributed by atoms with E-state index in [4.69, 9.17) is 5.73 Å². The summed E-state index contributed by atoms with van der Waals surface area (Å²) in [5.74, 6) is -0.0471. The summed E-state index contributed by atoms with van der Waals surface area (Å²) in [5, 5.41) is 5.97. The van der Waals surface area contributed by atoms with Crippen LogP contribution in [0.1, 0.15) is 26.3 Å². The zero-order valence-corrected chi connectivity index (χ0v) is 10.7. The Balaban J connectivity index is 2.50. The molecule has 0 bridgehead atoms. The molecule has 4 heteroatoms. The topological polar surface area (TPSA) is 67.2 Å². The van der Waals surface area contributed by atoms with Crippen molar-refractivity contribution in [2.24, 2.45) is 5.73 Å². The van der Waals surface area contributed by atoms with Crippen LogP contribution in [-0.2, 0) is 11.3 Å². The zero-order chi connectivity index (χ0) is 12.9. The minimum atomic E-state index is -0.0591. The Labute approximate surface area is 103 Å². The average Bonchev–Trinajstić information content (AvgIpc) is 2.26. The number of hydrogen-bond donors (Lipinski definition) is 3. The van der Waals surface area contributed by atoms with Crippen molar-refractivity contribution < 1.29 is 4.79 Å². The molecule has 0 atom stereocenters. The molecule has 0 unspecified atom stereocenters. The molecule has 1 aromatic rings. The number of benzene rings is 1. The number of anilines is 1. The Morgan fingerprint density at radius 1 is 1.35 bits per heavy atom. The maximum atomic E-state index is 11.7. The monoisotopic (exact) mass is 235 g/mol. The highest BCUT2D eigenvalue weighted by atomic mass is 16.1. The van der Waals surface area contributed by atoms with E-state index in [1.165, 1.54) is 0 Å². The summed E-state index contributed by atoms with van der Waals surface area (Å²) in [7, 11) is 0. The van der Waals surface area contributed by atoms with E-state index < -0.39 is 0 Å². The summed E-state index contributed by atoms with van der Waals surface area (Å²) in [6.07, 6.45) is 0. The van der Waals surface area contributed by atoms with Crippen LogP contribution in [0.3, 0.4) is 0 Å². The van der Waals surface area contributed by atoms with Gasteiger partial charge in [0.1, 0.15) is 0 Å². The van der Waals surface area contributed by atoms with E-state index in [9.17, 15) is 4.79 Å². The van der Waals surface area contributed by atoms with Gasteiger partial charge < -0.3 is 16.4 Å². The van der Waals surface area contributed by atoms with E-state index in [0.717, 1.165) is 11.3 Å². The highest BCUT2D eigenvalue weighted by molar-refractivity contribution is 5.92. The lowest BCUT2D eigenvalue weighted by molar-refractivity contribution is -0.115. The van der Waals surface area contributed by atoms with Crippen molar-refractivity contribution in [1.29, 1.82) is 0 Å². The molecule has 1 rings (SSSR count). The third kappa shape index (κ3) is 5.47. The van der Waals surface area contributed by atoms with Crippen molar-refractivity contribution in [2.75, 3.05) is 11.9 Å². The summed E-state index contributed by atoms with van der Waals surface area (Å²) < 4.78 is 0. The standard InChI is InChI=1S/C13H21N3O/c1-13(2,3)15-9-12(17)16-11-6-4-5-10(7-11)8-14/h4-7,15H,8-9,14H2,1-3H3,(H,16,17). The largest absolute Gasteiger partial charge is 0.326 e. The first kappa shape index (κ1) is 13.7. The molecule has 0 spiro atoms. The van der Waals surface area contributed by atoms with Crippen LogP contribution in [-0.4, -0.2) is 18.0 Å². The summed E-state index contributed by atoms with van der Waals surface area (Å²) in [6, 6.07) is 7.56. The van der Waals surface area contributed by atoms with Gasteiger partial charge in [-0.1, -0.05) is 12.1 Å². The molecule has 0 aliphatic rings. The van der Waals surface area contributed by atoms with Crippen molar-refractivity contribution in [2.45, 2.75) is 32.9 Å². The SMILES string of the molecule is CC(C)(C)NCC(=O)Nc1cccc(CN)c1.